The smallest absolute Gasteiger partial charge is 0.0703 e. The lowest BCUT2D eigenvalue weighted by molar-refractivity contribution is -0.0255. The van der Waals surface area contributed by atoms with E-state index in [1.54, 1.807) is 0 Å². The van der Waals surface area contributed by atoms with Crippen LogP contribution in [0.25, 0.3) is 0 Å². The highest BCUT2D eigenvalue weighted by Gasteiger charge is 1.95. The Bertz CT molecular complexity index is 279. The molecule has 0 aromatic rings. The molecule has 0 aliphatic heterocycles. The Balaban J connectivity index is 2.98. The van der Waals surface area contributed by atoms with Crippen molar-refractivity contribution in [2.24, 2.45) is 0 Å². The average molecular weight is 411 g/mol. The molecule has 28 heavy (non-hydrogen) atoms. The predicted octanol–water partition coefficient (Wildman–Crippen LogP) is 1.94. The van der Waals surface area contributed by atoms with Gasteiger partial charge in [-0.25, -0.2) is 0 Å². The van der Waals surface area contributed by atoms with Crippen LogP contribution in [0.4, 0.5) is 0 Å². The summed E-state index contributed by atoms with van der Waals surface area (Å²) in [6.07, 6.45) is 1.28. The third kappa shape index (κ3) is 25.7. The number of hydrogen-bond donors (Lipinski definition) is 0. The summed E-state index contributed by atoms with van der Waals surface area (Å²) in [4.78, 5) is 0. The van der Waals surface area contributed by atoms with Gasteiger partial charge in [-0.3, -0.25) is 0 Å². The molecule has 0 atom stereocenters. The summed E-state index contributed by atoms with van der Waals surface area (Å²) in [5, 5.41) is 0. The van der Waals surface area contributed by atoms with Crippen molar-refractivity contribution >= 4 is 0 Å². The molecule has 0 spiro atoms. The summed E-state index contributed by atoms with van der Waals surface area (Å²) < 4.78 is 43.1. The third-order valence-electron chi connectivity index (χ3n) is 3.26. The molecular weight excluding hydrogens is 368 g/mol. The van der Waals surface area contributed by atoms with E-state index in [1.165, 1.54) is 0 Å². The van der Waals surface area contributed by atoms with Crippen LogP contribution in [0, 0.1) is 0 Å². The molecule has 0 heterocycles. The zero-order chi connectivity index (χ0) is 20.5. The summed E-state index contributed by atoms with van der Waals surface area (Å²) in [6, 6.07) is 0. The van der Waals surface area contributed by atoms with Crippen LogP contribution in [-0.4, -0.2) is 105 Å². The van der Waals surface area contributed by atoms with Gasteiger partial charge in [-0.05, 0) is 20.3 Å². The maximum atomic E-state index is 5.42. The van der Waals surface area contributed by atoms with E-state index in [2.05, 4.69) is 6.92 Å². The van der Waals surface area contributed by atoms with Crippen LogP contribution >= 0.6 is 0 Å². The molecule has 0 rings (SSSR count). The van der Waals surface area contributed by atoms with Gasteiger partial charge in [-0.2, -0.15) is 0 Å². The van der Waals surface area contributed by atoms with Crippen molar-refractivity contribution in [2.75, 3.05) is 99.1 Å². The molecule has 0 aliphatic rings. The lowest BCUT2D eigenvalue weighted by Gasteiger charge is -2.09. The lowest BCUT2D eigenvalue weighted by Crippen LogP contribution is -2.15. The van der Waals surface area contributed by atoms with Crippen molar-refractivity contribution in [3.05, 3.63) is 0 Å². The van der Waals surface area contributed by atoms with E-state index in [4.69, 9.17) is 37.9 Å². The Labute approximate surface area is 171 Å². The standard InChI is InChI=1S/C20H42O8/c1-4-5-21-6-7-22-8-9-23-10-11-24-12-13-25-14-15-26-16-17-27-18-19-28-20(2)3/h20H,4-19H2,1-3H3. The normalized spacial score (nSPS) is 11.6. The monoisotopic (exact) mass is 410 g/mol. The highest BCUT2D eigenvalue weighted by Crippen LogP contribution is 1.88. The highest BCUT2D eigenvalue weighted by atomic mass is 16.6. The van der Waals surface area contributed by atoms with Gasteiger partial charge in [-0.1, -0.05) is 6.92 Å². The van der Waals surface area contributed by atoms with E-state index >= 15 is 0 Å². The second kappa shape index (κ2) is 24.7. The second-order valence-electron chi connectivity index (χ2n) is 6.21. The molecule has 0 saturated heterocycles. The molecule has 0 bridgehead atoms. The summed E-state index contributed by atoms with van der Waals surface area (Å²) >= 11 is 0. The maximum Gasteiger partial charge on any atom is 0.0703 e. The molecule has 0 saturated carbocycles. The quantitative estimate of drug-likeness (QED) is 0.224. The second-order valence-corrected chi connectivity index (χ2v) is 6.21. The third-order valence-corrected chi connectivity index (χ3v) is 3.26. The minimum Gasteiger partial charge on any atom is -0.379 e. The van der Waals surface area contributed by atoms with E-state index in [0.717, 1.165) is 13.0 Å². The van der Waals surface area contributed by atoms with Crippen molar-refractivity contribution in [3.8, 4) is 0 Å². The van der Waals surface area contributed by atoms with Gasteiger partial charge in [0.05, 0.1) is 98.6 Å². The first-order chi connectivity index (χ1) is 13.8. The lowest BCUT2D eigenvalue weighted by atomic mass is 10.5. The molecule has 0 aromatic heterocycles. The molecule has 0 unspecified atom stereocenters. The topological polar surface area (TPSA) is 73.8 Å². The first-order valence-electron chi connectivity index (χ1n) is 10.4. The minimum atomic E-state index is 0.244. The Morgan fingerprint density at radius 1 is 0.393 bits per heavy atom. The minimum absolute atomic E-state index is 0.244. The van der Waals surface area contributed by atoms with Crippen molar-refractivity contribution in [2.45, 2.75) is 33.3 Å². The fourth-order valence-electron chi connectivity index (χ4n) is 1.91. The van der Waals surface area contributed by atoms with Crippen molar-refractivity contribution in [3.63, 3.8) is 0 Å². The van der Waals surface area contributed by atoms with Crippen molar-refractivity contribution < 1.29 is 37.9 Å². The van der Waals surface area contributed by atoms with Gasteiger partial charge in [-0.15, -0.1) is 0 Å². The summed E-state index contributed by atoms with van der Waals surface area (Å²) in [6.45, 7) is 15.0. The molecule has 0 fully saturated rings. The summed E-state index contributed by atoms with van der Waals surface area (Å²) in [5.41, 5.74) is 0. The van der Waals surface area contributed by atoms with Crippen molar-refractivity contribution in [1.29, 1.82) is 0 Å². The van der Waals surface area contributed by atoms with Gasteiger partial charge >= 0.3 is 0 Å². The molecule has 8 nitrogen and oxygen atoms in total. The molecule has 0 aliphatic carbocycles. The Morgan fingerprint density at radius 3 is 0.893 bits per heavy atom. The zero-order valence-corrected chi connectivity index (χ0v) is 18.2. The van der Waals surface area contributed by atoms with E-state index in [1.807, 2.05) is 13.8 Å². The van der Waals surface area contributed by atoms with Gasteiger partial charge in [0.2, 0.25) is 0 Å². The average Bonchev–Trinajstić information content (AvgIpc) is 2.68. The van der Waals surface area contributed by atoms with Gasteiger partial charge in [0.25, 0.3) is 0 Å². The predicted molar refractivity (Wildman–Crippen MR) is 107 cm³/mol. The Morgan fingerprint density at radius 2 is 0.643 bits per heavy atom. The molecule has 170 valence electrons. The highest BCUT2D eigenvalue weighted by molar-refractivity contribution is 4.39. The van der Waals surface area contributed by atoms with E-state index in [0.29, 0.717) is 92.5 Å². The molecule has 8 heteroatoms. The largest absolute Gasteiger partial charge is 0.379 e. The van der Waals surface area contributed by atoms with E-state index in [-0.39, 0.29) is 6.10 Å². The van der Waals surface area contributed by atoms with Crippen LogP contribution < -0.4 is 0 Å². The number of rotatable bonds is 24. The summed E-state index contributed by atoms with van der Waals surface area (Å²) in [7, 11) is 0. The van der Waals surface area contributed by atoms with Crippen LogP contribution in [0.2, 0.25) is 0 Å². The SMILES string of the molecule is CCCOCCOCCOCCOCCOCCOCCOCCOC(C)C. The molecular formula is C20H42O8. The molecule has 0 N–H and O–H groups in total. The van der Waals surface area contributed by atoms with Crippen LogP contribution in [0.15, 0.2) is 0 Å². The fourth-order valence-corrected chi connectivity index (χ4v) is 1.91. The zero-order valence-electron chi connectivity index (χ0n) is 18.2. The van der Waals surface area contributed by atoms with E-state index < -0.39 is 0 Å². The number of hydrogen-bond acceptors (Lipinski definition) is 8. The molecule has 0 amide bonds. The van der Waals surface area contributed by atoms with Gasteiger partial charge < -0.3 is 37.9 Å². The van der Waals surface area contributed by atoms with E-state index in [9.17, 15) is 0 Å². The maximum absolute atomic E-state index is 5.42. The van der Waals surface area contributed by atoms with Gasteiger partial charge in [0.15, 0.2) is 0 Å². The fraction of sp³-hybridized carbons (Fsp3) is 1.00. The molecule has 0 radical (unpaired) electrons. The van der Waals surface area contributed by atoms with Gasteiger partial charge in [0, 0.05) is 6.61 Å². The van der Waals surface area contributed by atoms with Crippen LogP contribution in [0.5, 0.6) is 0 Å². The van der Waals surface area contributed by atoms with Gasteiger partial charge in [0.1, 0.15) is 0 Å². The molecule has 0 aromatic carbocycles. The van der Waals surface area contributed by atoms with Crippen molar-refractivity contribution in [1.82, 2.24) is 0 Å². The van der Waals surface area contributed by atoms with Crippen LogP contribution in [0.1, 0.15) is 27.2 Å². The first-order valence-corrected chi connectivity index (χ1v) is 10.4. The summed E-state index contributed by atoms with van der Waals surface area (Å²) in [5.74, 6) is 0. The Hall–Kier alpha value is -0.320. The Kier molecular flexibility index (Phi) is 24.4. The van der Waals surface area contributed by atoms with Crippen LogP contribution in [-0.2, 0) is 37.9 Å². The first kappa shape index (κ1) is 27.7. The number of ether oxygens (including phenoxy) is 8. The van der Waals surface area contributed by atoms with Crippen LogP contribution in [0.3, 0.4) is 0 Å².